The van der Waals surface area contributed by atoms with E-state index in [0.717, 1.165) is 19.1 Å². The van der Waals surface area contributed by atoms with Crippen LogP contribution in [0.4, 0.5) is 10.1 Å². The van der Waals surface area contributed by atoms with Gasteiger partial charge in [0.1, 0.15) is 5.82 Å². The Labute approximate surface area is 106 Å². The van der Waals surface area contributed by atoms with Gasteiger partial charge in [-0.2, -0.15) is 0 Å². The number of hydrogen-bond acceptors (Lipinski definition) is 3. The van der Waals surface area contributed by atoms with E-state index >= 15 is 0 Å². The molecule has 0 radical (unpaired) electrons. The van der Waals surface area contributed by atoms with Crippen LogP contribution >= 0.6 is 15.9 Å². The summed E-state index contributed by atoms with van der Waals surface area (Å²) in [5.41, 5.74) is 0.0829. The molecule has 2 N–H and O–H groups in total. The third-order valence-corrected chi connectivity index (χ3v) is 4.29. The quantitative estimate of drug-likeness (QED) is 0.884. The molecule has 0 saturated heterocycles. The molecule has 0 heterocycles. The Morgan fingerprint density at radius 1 is 1.53 bits per heavy atom. The van der Waals surface area contributed by atoms with Gasteiger partial charge in [0.25, 0.3) is 0 Å². The molecule has 1 aromatic carbocycles. The van der Waals surface area contributed by atoms with Crippen molar-refractivity contribution in [3.05, 3.63) is 28.5 Å². The minimum Gasteiger partial charge on any atom is -0.480 e. The summed E-state index contributed by atoms with van der Waals surface area (Å²) in [4.78, 5) is 10.6. The van der Waals surface area contributed by atoms with Gasteiger partial charge in [0.05, 0.1) is 5.69 Å². The molecule has 0 bridgehead atoms. The SMILES string of the molecule is CC(C(=O)O)S(=O)(=O)Nc1ccc(F)cc1Br. The number of carboxylic acids is 1. The van der Waals surface area contributed by atoms with E-state index in [4.69, 9.17) is 5.11 Å². The molecule has 5 nitrogen and oxygen atoms in total. The Morgan fingerprint density at radius 2 is 2.12 bits per heavy atom. The highest BCUT2D eigenvalue weighted by atomic mass is 79.9. The van der Waals surface area contributed by atoms with Crippen LogP contribution in [0.3, 0.4) is 0 Å². The lowest BCUT2D eigenvalue weighted by Gasteiger charge is -2.12. The first-order valence-electron chi connectivity index (χ1n) is 4.43. The second-order valence-corrected chi connectivity index (χ2v) is 6.11. The minimum atomic E-state index is -4.05. The van der Waals surface area contributed by atoms with Gasteiger partial charge in [-0.05, 0) is 41.1 Å². The summed E-state index contributed by atoms with van der Waals surface area (Å²) >= 11 is 2.97. The van der Waals surface area contributed by atoms with E-state index in [1.54, 1.807) is 0 Å². The Bertz CT molecular complexity index is 546. The smallest absolute Gasteiger partial charge is 0.323 e. The lowest BCUT2D eigenvalue weighted by molar-refractivity contribution is -0.136. The maximum atomic E-state index is 12.8. The van der Waals surface area contributed by atoms with Crippen molar-refractivity contribution in [3.8, 4) is 0 Å². The summed E-state index contributed by atoms with van der Waals surface area (Å²) in [6.07, 6.45) is 0. The molecule has 0 aliphatic rings. The topological polar surface area (TPSA) is 83.5 Å². The molecule has 0 fully saturated rings. The number of carbonyl (C=O) groups is 1. The van der Waals surface area contributed by atoms with Crippen LogP contribution in [0.15, 0.2) is 22.7 Å². The number of benzene rings is 1. The van der Waals surface area contributed by atoms with Crippen LogP contribution in [0.1, 0.15) is 6.92 Å². The summed E-state index contributed by atoms with van der Waals surface area (Å²) < 4.78 is 38.2. The van der Waals surface area contributed by atoms with E-state index in [0.29, 0.717) is 0 Å². The van der Waals surface area contributed by atoms with Gasteiger partial charge in [0, 0.05) is 4.47 Å². The summed E-state index contributed by atoms with van der Waals surface area (Å²) in [6, 6.07) is 3.34. The molecule has 0 aliphatic carbocycles. The van der Waals surface area contributed by atoms with Crippen molar-refractivity contribution in [2.24, 2.45) is 0 Å². The molecule has 1 aromatic rings. The predicted octanol–water partition coefficient (Wildman–Crippen LogP) is 1.80. The fourth-order valence-electron chi connectivity index (χ4n) is 0.947. The van der Waals surface area contributed by atoms with Crippen molar-refractivity contribution in [2.75, 3.05) is 4.72 Å². The first-order valence-corrected chi connectivity index (χ1v) is 6.77. The van der Waals surface area contributed by atoms with E-state index in [2.05, 4.69) is 20.7 Å². The Balaban J connectivity index is 3.02. The third kappa shape index (κ3) is 3.40. The monoisotopic (exact) mass is 325 g/mol. The molecule has 0 amide bonds. The largest absolute Gasteiger partial charge is 0.480 e. The number of carboxylic acid groups (broad SMARTS) is 1. The van der Waals surface area contributed by atoms with E-state index < -0.39 is 27.1 Å². The van der Waals surface area contributed by atoms with Gasteiger partial charge >= 0.3 is 5.97 Å². The standard InChI is InChI=1S/C9H9BrFNO4S/c1-5(9(13)14)17(15,16)12-8-3-2-6(11)4-7(8)10/h2-5,12H,1H3,(H,13,14). The average molecular weight is 326 g/mol. The molecule has 0 spiro atoms. The lowest BCUT2D eigenvalue weighted by Crippen LogP contribution is -2.32. The predicted molar refractivity (Wildman–Crippen MR) is 63.7 cm³/mol. The van der Waals surface area contributed by atoms with Gasteiger partial charge < -0.3 is 5.11 Å². The summed E-state index contributed by atoms with van der Waals surface area (Å²) in [7, 11) is -4.05. The van der Waals surface area contributed by atoms with Crippen molar-refractivity contribution in [2.45, 2.75) is 12.2 Å². The molecule has 0 aliphatic heterocycles. The van der Waals surface area contributed by atoms with Gasteiger partial charge in [-0.25, -0.2) is 12.8 Å². The maximum absolute atomic E-state index is 12.8. The number of anilines is 1. The average Bonchev–Trinajstić information content (AvgIpc) is 2.21. The number of rotatable bonds is 4. The van der Waals surface area contributed by atoms with Crippen molar-refractivity contribution < 1.29 is 22.7 Å². The highest BCUT2D eigenvalue weighted by Crippen LogP contribution is 2.24. The number of sulfonamides is 1. The van der Waals surface area contributed by atoms with Crippen molar-refractivity contribution >= 4 is 37.6 Å². The minimum absolute atomic E-state index is 0.0829. The summed E-state index contributed by atoms with van der Waals surface area (Å²) in [6.45, 7) is 1.04. The number of halogens is 2. The fourth-order valence-corrected chi connectivity index (χ4v) is 2.45. The molecular weight excluding hydrogens is 317 g/mol. The fraction of sp³-hybridized carbons (Fsp3) is 0.222. The Morgan fingerprint density at radius 3 is 2.59 bits per heavy atom. The third-order valence-electron chi connectivity index (χ3n) is 2.00. The summed E-state index contributed by atoms with van der Waals surface area (Å²) in [5.74, 6) is -2.00. The van der Waals surface area contributed by atoms with E-state index in [1.165, 1.54) is 6.07 Å². The van der Waals surface area contributed by atoms with Crippen LogP contribution in [-0.4, -0.2) is 24.7 Å². The summed E-state index contributed by atoms with van der Waals surface area (Å²) in [5, 5.41) is 7.02. The van der Waals surface area contributed by atoms with E-state index in [9.17, 15) is 17.6 Å². The van der Waals surface area contributed by atoms with Crippen molar-refractivity contribution in [3.63, 3.8) is 0 Å². The maximum Gasteiger partial charge on any atom is 0.323 e. The number of aliphatic carboxylic acids is 1. The van der Waals surface area contributed by atoms with E-state index in [1.807, 2.05) is 0 Å². The molecule has 8 heteroatoms. The highest BCUT2D eigenvalue weighted by molar-refractivity contribution is 9.10. The second-order valence-electron chi connectivity index (χ2n) is 3.25. The van der Waals surface area contributed by atoms with Crippen LogP contribution in [0, 0.1) is 5.82 Å². The van der Waals surface area contributed by atoms with Crippen LogP contribution in [0.2, 0.25) is 0 Å². The molecule has 17 heavy (non-hydrogen) atoms. The number of hydrogen-bond donors (Lipinski definition) is 2. The molecular formula is C9H9BrFNO4S. The first-order chi connectivity index (χ1) is 7.74. The molecule has 0 saturated carbocycles. The van der Waals surface area contributed by atoms with Gasteiger partial charge in [-0.15, -0.1) is 0 Å². The zero-order valence-corrected chi connectivity index (χ0v) is 11.0. The van der Waals surface area contributed by atoms with Crippen LogP contribution in [-0.2, 0) is 14.8 Å². The van der Waals surface area contributed by atoms with Gasteiger partial charge in [-0.3, -0.25) is 9.52 Å². The zero-order valence-electron chi connectivity index (χ0n) is 8.65. The first kappa shape index (κ1) is 13.9. The Hall–Kier alpha value is -1.15. The second kappa shape index (κ2) is 5.01. The van der Waals surface area contributed by atoms with Crippen molar-refractivity contribution in [1.82, 2.24) is 0 Å². The van der Waals surface area contributed by atoms with Crippen molar-refractivity contribution in [1.29, 1.82) is 0 Å². The van der Waals surface area contributed by atoms with Crippen LogP contribution < -0.4 is 4.72 Å². The van der Waals surface area contributed by atoms with Gasteiger partial charge in [0.15, 0.2) is 5.25 Å². The highest BCUT2D eigenvalue weighted by Gasteiger charge is 2.28. The molecule has 1 unspecified atom stereocenters. The molecule has 94 valence electrons. The zero-order chi connectivity index (χ0) is 13.2. The molecule has 0 aromatic heterocycles. The normalized spacial score (nSPS) is 13.1. The Kier molecular flexibility index (Phi) is 4.10. The van der Waals surface area contributed by atoms with Crippen LogP contribution in [0.5, 0.6) is 0 Å². The van der Waals surface area contributed by atoms with E-state index in [-0.39, 0.29) is 10.2 Å². The van der Waals surface area contributed by atoms with Crippen LogP contribution in [0.25, 0.3) is 0 Å². The molecule has 1 atom stereocenters. The van der Waals surface area contributed by atoms with Gasteiger partial charge in [0.2, 0.25) is 10.0 Å². The number of nitrogens with one attached hydrogen (secondary N) is 1. The van der Waals surface area contributed by atoms with Gasteiger partial charge in [-0.1, -0.05) is 0 Å². The lowest BCUT2D eigenvalue weighted by atomic mass is 10.3. The molecule has 1 rings (SSSR count).